The number of carbonyl (C=O) groups excluding carboxylic acids is 1. The molecule has 1 atom stereocenters. The Morgan fingerprint density at radius 1 is 1.47 bits per heavy atom. The van der Waals surface area contributed by atoms with Crippen LogP contribution in [0.4, 0.5) is 0 Å². The van der Waals surface area contributed by atoms with Crippen molar-refractivity contribution >= 4 is 21.7 Å². The largest absolute Gasteiger partial charge is 0.494 e. The molecule has 0 aliphatic heterocycles. The van der Waals surface area contributed by atoms with E-state index in [2.05, 4.69) is 15.9 Å². The average Bonchev–Trinajstić information content (AvgIpc) is 2.16. The second-order valence-electron chi connectivity index (χ2n) is 3.49. The third kappa shape index (κ3) is 3.34. The van der Waals surface area contributed by atoms with Gasteiger partial charge in [0.1, 0.15) is 11.5 Å². The summed E-state index contributed by atoms with van der Waals surface area (Å²) in [6.07, 6.45) is 0. The number of ether oxygens (including phenoxy) is 1. The van der Waals surface area contributed by atoms with Gasteiger partial charge in [-0.1, -0.05) is 22.0 Å². The van der Waals surface area contributed by atoms with Gasteiger partial charge in [0.05, 0.1) is 11.4 Å². The summed E-state index contributed by atoms with van der Waals surface area (Å²) in [5, 5.41) is 0. The summed E-state index contributed by atoms with van der Waals surface area (Å²) in [6.45, 7) is 6.14. The van der Waals surface area contributed by atoms with Gasteiger partial charge in [-0.3, -0.25) is 4.79 Å². The maximum atomic E-state index is 11.2. The highest BCUT2D eigenvalue weighted by Crippen LogP contribution is 2.28. The normalized spacial score (nSPS) is 12.3. The Hall–Kier alpha value is -0.830. The monoisotopic (exact) mass is 270 g/mol. The first kappa shape index (κ1) is 12.2. The van der Waals surface area contributed by atoms with Gasteiger partial charge in [0.25, 0.3) is 0 Å². The number of hydrogen-bond acceptors (Lipinski definition) is 2. The molecule has 1 aromatic rings. The van der Waals surface area contributed by atoms with E-state index in [1.165, 1.54) is 0 Å². The first-order chi connectivity index (χ1) is 7.04. The second kappa shape index (κ2) is 5.31. The van der Waals surface area contributed by atoms with Crippen molar-refractivity contribution in [2.24, 2.45) is 0 Å². The van der Waals surface area contributed by atoms with E-state index in [4.69, 9.17) is 4.74 Å². The quantitative estimate of drug-likeness (QED) is 0.784. The lowest BCUT2D eigenvalue weighted by molar-refractivity contribution is -0.116. The molecule has 0 aliphatic carbocycles. The molecule has 0 amide bonds. The first-order valence-corrected chi connectivity index (χ1v) is 5.85. The van der Waals surface area contributed by atoms with Crippen molar-refractivity contribution in [2.75, 3.05) is 6.61 Å². The van der Waals surface area contributed by atoms with Crippen LogP contribution < -0.4 is 4.74 Å². The van der Waals surface area contributed by atoms with Gasteiger partial charge < -0.3 is 4.74 Å². The van der Waals surface area contributed by atoms with E-state index in [0.29, 0.717) is 6.61 Å². The predicted molar refractivity (Wildman–Crippen MR) is 64.7 cm³/mol. The van der Waals surface area contributed by atoms with Crippen LogP contribution in [0.25, 0.3) is 0 Å². The summed E-state index contributed by atoms with van der Waals surface area (Å²) < 4.78 is 5.43. The number of rotatable bonds is 4. The van der Waals surface area contributed by atoms with Crippen molar-refractivity contribution in [3.63, 3.8) is 0 Å². The highest BCUT2D eigenvalue weighted by molar-refractivity contribution is 9.09. The maximum absolute atomic E-state index is 11.2. The summed E-state index contributed by atoms with van der Waals surface area (Å²) in [4.78, 5) is 11.0. The first-order valence-electron chi connectivity index (χ1n) is 4.93. The summed E-state index contributed by atoms with van der Waals surface area (Å²) in [5.41, 5.74) is 2.05. The zero-order valence-electron chi connectivity index (χ0n) is 9.21. The lowest BCUT2D eigenvalue weighted by Crippen LogP contribution is -2.02. The van der Waals surface area contributed by atoms with E-state index >= 15 is 0 Å². The van der Waals surface area contributed by atoms with E-state index in [0.717, 1.165) is 16.9 Å². The number of hydrogen-bond donors (Lipinski definition) is 0. The van der Waals surface area contributed by atoms with E-state index in [9.17, 15) is 4.79 Å². The molecule has 0 bridgehead atoms. The molecule has 0 saturated carbocycles. The minimum Gasteiger partial charge on any atom is -0.494 e. The second-order valence-corrected chi connectivity index (χ2v) is 4.40. The molecule has 0 aliphatic rings. The van der Waals surface area contributed by atoms with Gasteiger partial charge >= 0.3 is 0 Å². The van der Waals surface area contributed by atoms with E-state index in [-0.39, 0.29) is 10.6 Å². The minimum atomic E-state index is -0.239. The van der Waals surface area contributed by atoms with Crippen LogP contribution in [0.15, 0.2) is 18.2 Å². The summed E-state index contributed by atoms with van der Waals surface area (Å²) in [6, 6.07) is 5.85. The molecular weight excluding hydrogens is 256 g/mol. The molecule has 0 N–H and O–H groups in total. The number of carbonyl (C=O) groups is 1. The third-order valence-corrected chi connectivity index (χ3v) is 3.21. The Morgan fingerprint density at radius 2 is 2.13 bits per heavy atom. The number of benzene rings is 1. The van der Waals surface area contributed by atoms with Gasteiger partial charge in [-0.15, -0.1) is 0 Å². The zero-order chi connectivity index (χ0) is 11.4. The number of ketones is 1. The molecule has 0 heterocycles. The van der Waals surface area contributed by atoms with Crippen molar-refractivity contribution in [3.8, 4) is 5.75 Å². The zero-order valence-corrected chi connectivity index (χ0v) is 10.8. The van der Waals surface area contributed by atoms with Gasteiger partial charge in [-0.05, 0) is 44.0 Å². The Bertz CT molecular complexity index is 361. The van der Waals surface area contributed by atoms with Crippen molar-refractivity contribution in [3.05, 3.63) is 29.3 Å². The van der Waals surface area contributed by atoms with Gasteiger partial charge in [-0.2, -0.15) is 0 Å². The standard InChI is InChI=1S/C12H15BrO2/c1-4-15-11-6-8(2)5-10(7-11)12(13)9(3)14/h5-7,12H,4H2,1-3H3. The van der Waals surface area contributed by atoms with Crippen molar-refractivity contribution < 1.29 is 9.53 Å². The van der Waals surface area contributed by atoms with Crippen LogP contribution in [0.5, 0.6) is 5.75 Å². The molecule has 0 radical (unpaired) electrons. The van der Waals surface area contributed by atoms with Crippen LogP contribution in [0.2, 0.25) is 0 Å². The molecule has 1 rings (SSSR count). The molecule has 0 fully saturated rings. The van der Waals surface area contributed by atoms with Crippen LogP contribution in [0.1, 0.15) is 29.8 Å². The van der Waals surface area contributed by atoms with Crippen molar-refractivity contribution in [1.29, 1.82) is 0 Å². The molecule has 1 unspecified atom stereocenters. The summed E-state index contributed by atoms with van der Waals surface area (Å²) in [7, 11) is 0. The smallest absolute Gasteiger partial charge is 0.147 e. The SMILES string of the molecule is CCOc1cc(C)cc(C(Br)C(C)=O)c1. The van der Waals surface area contributed by atoms with E-state index in [1.807, 2.05) is 32.0 Å². The Balaban J connectivity index is 3.02. The number of alkyl halides is 1. The topological polar surface area (TPSA) is 26.3 Å². The lowest BCUT2D eigenvalue weighted by Gasteiger charge is -2.10. The van der Waals surface area contributed by atoms with Gasteiger partial charge in [-0.25, -0.2) is 0 Å². The van der Waals surface area contributed by atoms with Crippen LogP contribution in [0, 0.1) is 6.92 Å². The minimum absolute atomic E-state index is 0.100. The van der Waals surface area contributed by atoms with Gasteiger partial charge in [0.15, 0.2) is 0 Å². The van der Waals surface area contributed by atoms with Crippen molar-refractivity contribution in [2.45, 2.75) is 25.6 Å². The fourth-order valence-corrected chi connectivity index (χ4v) is 1.67. The number of Topliss-reactive ketones (excluding diaryl/α,β-unsaturated/α-hetero) is 1. The highest BCUT2D eigenvalue weighted by atomic mass is 79.9. The summed E-state index contributed by atoms with van der Waals surface area (Å²) >= 11 is 3.36. The molecular formula is C12H15BrO2. The molecule has 2 nitrogen and oxygen atoms in total. The fraction of sp³-hybridized carbons (Fsp3) is 0.417. The van der Waals surface area contributed by atoms with Gasteiger partial charge in [0, 0.05) is 0 Å². The molecule has 15 heavy (non-hydrogen) atoms. The van der Waals surface area contributed by atoms with E-state index in [1.54, 1.807) is 6.92 Å². The van der Waals surface area contributed by atoms with Crippen LogP contribution in [0.3, 0.4) is 0 Å². The average molecular weight is 271 g/mol. The third-order valence-electron chi connectivity index (χ3n) is 2.03. The number of halogens is 1. The molecule has 1 aromatic carbocycles. The van der Waals surface area contributed by atoms with Crippen LogP contribution in [-0.4, -0.2) is 12.4 Å². The van der Waals surface area contributed by atoms with Gasteiger partial charge in [0.2, 0.25) is 0 Å². The highest BCUT2D eigenvalue weighted by Gasteiger charge is 2.13. The Morgan fingerprint density at radius 3 is 2.67 bits per heavy atom. The fourth-order valence-electron chi connectivity index (χ4n) is 1.41. The summed E-state index contributed by atoms with van der Waals surface area (Å²) in [5.74, 6) is 0.918. The molecule has 0 aromatic heterocycles. The number of aryl methyl sites for hydroxylation is 1. The Kier molecular flexibility index (Phi) is 4.33. The molecule has 0 saturated heterocycles. The lowest BCUT2D eigenvalue weighted by atomic mass is 10.1. The predicted octanol–water partition coefficient (Wildman–Crippen LogP) is 3.42. The van der Waals surface area contributed by atoms with E-state index < -0.39 is 0 Å². The van der Waals surface area contributed by atoms with Crippen LogP contribution >= 0.6 is 15.9 Å². The molecule has 82 valence electrons. The Labute approximate surface area is 98.8 Å². The molecule has 3 heteroatoms. The van der Waals surface area contributed by atoms with Crippen LogP contribution in [-0.2, 0) is 4.79 Å². The van der Waals surface area contributed by atoms with Crippen molar-refractivity contribution in [1.82, 2.24) is 0 Å². The molecule has 0 spiro atoms. The maximum Gasteiger partial charge on any atom is 0.147 e.